The van der Waals surface area contributed by atoms with E-state index in [0.717, 1.165) is 0 Å². The van der Waals surface area contributed by atoms with Crippen molar-refractivity contribution in [3.8, 4) is 5.75 Å². The Morgan fingerprint density at radius 1 is 1.53 bits per heavy atom. The van der Waals surface area contributed by atoms with Gasteiger partial charge in [-0.1, -0.05) is 18.7 Å². The maximum absolute atomic E-state index is 11.1. The number of aldehydes is 1. The van der Waals surface area contributed by atoms with Crippen LogP contribution in [0.3, 0.4) is 0 Å². The molecule has 1 rings (SSSR count). The summed E-state index contributed by atoms with van der Waals surface area (Å²) in [5, 5.41) is 0. The van der Waals surface area contributed by atoms with Gasteiger partial charge in [-0.05, 0) is 19.1 Å². The highest BCUT2D eigenvalue weighted by Crippen LogP contribution is 2.19. The summed E-state index contributed by atoms with van der Waals surface area (Å²) < 4.78 is 5.27. The molecule has 0 fully saturated rings. The predicted octanol–water partition coefficient (Wildman–Crippen LogP) is 2.27. The number of carbonyl (C=O) groups is 2. The molecule has 0 aliphatic heterocycles. The van der Waals surface area contributed by atoms with E-state index >= 15 is 0 Å². The Hall–Kier alpha value is -1.90. The molecule has 0 spiro atoms. The van der Waals surface area contributed by atoms with Gasteiger partial charge in [0, 0.05) is 5.56 Å². The highest BCUT2D eigenvalue weighted by molar-refractivity contribution is 5.95. The number of ether oxygens (including phenoxy) is 1. The predicted molar refractivity (Wildman–Crippen MR) is 57.5 cm³/mol. The number of Topliss-reactive ketones (excluding diaryl/α,β-unsaturated/α-hetero) is 1. The Kier molecular flexibility index (Phi) is 3.80. The van der Waals surface area contributed by atoms with Crippen molar-refractivity contribution in [2.45, 2.75) is 6.92 Å². The second-order valence-electron chi connectivity index (χ2n) is 3.03. The highest BCUT2D eigenvalue weighted by atomic mass is 16.5. The maximum atomic E-state index is 11.1. The molecule has 1 aromatic rings. The fraction of sp³-hybridized carbons (Fsp3) is 0.167. The molecule has 0 heterocycles. The minimum atomic E-state index is -0.0593. The second kappa shape index (κ2) is 5.10. The van der Waals surface area contributed by atoms with Gasteiger partial charge in [-0.3, -0.25) is 9.59 Å². The van der Waals surface area contributed by atoms with Crippen LogP contribution >= 0.6 is 0 Å². The first kappa shape index (κ1) is 11.2. The van der Waals surface area contributed by atoms with Crippen molar-refractivity contribution in [3.63, 3.8) is 0 Å². The summed E-state index contributed by atoms with van der Waals surface area (Å²) in [6.45, 7) is 5.28. The smallest absolute Gasteiger partial charge is 0.159 e. The SMILES string of the molecule is C=CCOc1cc(C(C)=O)ccc1C=O. The lowest BCUT2D eigenvalue weighted by molar-refractivity contribution is 0.101. The van der Waals surface area contributed by atoms with Crippen molar-refractivity contribution in [1.29, 1.82) is 0 Å². The van der Waals surface area contributed by atoms with E-state index in [1.165, 1.54) is 6.92 Å². The molecule has 0 aromatic heterocycles. The van der Waals surface area contributed by atoms with Crippen LogP contribution in [0.25, 0.3) is 0 Å². The minimum absolute atomic E-state index is 0.0593. The first-order valence-electron chi connectivity index (χ1n) is 4.53. The molecule has 0 amide bonds. The molecule has 3 nitrogen and oxygen atoms in total. The third-order valence-electron chi connectivity index (χ3n) is 1.90. The number of hydrogen-bond acceptors (Lipinski definition) is 3. The summed E-state index contributed by atoms with van der Waals surface area (Å²) >= 11 is 0. The van der Waals surface area contributed by atoms with Crippen molar-refractivity contribution >= 4 is 12.1 Å². The van der Waals surface area contributed by atoms with E-state index in [-0.39, 0.29) is 5.78 Å². The van der Waals surface area contributed by atoms with Crippen LogP contribution in [0.2, 0.25) is 0 Å². The monoisotopic (exact) mass is 204 g/mol. The van der Waals surface area contributed by atoms with Crippen molar-refractivity contribution in [2.24, 2.45) is 0 Å². The summed E-state index contributed by atoms with van der Waals surface area (Å²) in [7, 11) is 0. The van der Waals surface area contributed by atoms with Gasteiger partial charge in [-0.25, -0.2) is 0 Å². The van der Waals surface area contributed by atoms with Crippen molar-refractivity contribution in [1.82, 2.24) is 0 Å². The molecule has 0 saturated carbocycles. The quantitative estimate of drug-likeness (QED) is 0.420. The van der Waals surface area contributed by atoms with Gasteiger partial charge in [-0.15, -0.1) is 0 Å². The molecular weight excluding hydrogens is 192 g/mol. The molecule has 0 aliphatic rings. The Bertz CT molecular complexity index is 394. The lowest BCUT2D eigenvalue weighted by Gasteiger charge is -2.07. The lowest BCUT2D eigenvalue weighted by atomic mass is 10.1. The van der Waals surface area contributed by atoms with E-state index < -0.39 is 0 Å². The molecule has 0 saturated heterocycles. The summed E-state index contributed by atoms with van der Waals surface area (Å²) in [4.78, 5) is 21.8. The van der Waals surface area contributed by atoms with E-state index in [4.69, 9.17) is 4.74 Å². The van der Waals surface area contributed by atoms with Gasteiger partial charge < -0.3 is 4.74 Å². The number of hydrogen-bond donors (Lipinski definition) is 0. The van der Waals surface area contributed by atoms with Gasteiger partial charge in [-0.2, -0.15) is 0 Å². The van der Waals surface area contributed by atoms with Crippen LogP contribution in [0.4, 0.5) is 0 Å². The molecule has 0 aliphatic carbocycles. The summed E-state index contributed by atoms with van der Waals surface area (Å²) in [6, 6.07) is 4.74. The summed E-state index contributed by atoms with van der Waals surface area (Å²) in [5.74, 6) is 0.355. The topological polar surface area (TPSA) is 43.4 Å². The molecular formula is C12H12O3. The molecule has 78 valence electrons. The fourth-order valence-electron chi connectivity index (χ4n) is 1.12. The number of benzene rings is 1. The van der Waals surface area contributed by atoms with Crippen LogP contribution in [-0.4, -0.2) is 18.7 Å². The number of carbonyl (C=O) groups excluding carboxylic acids is 2. The fourth-order valence-corrected chi connectivity index (χ4v) is 1.12. The first-order valence-corrected chi connectivity index (χ1v) is 4.53. The van der Waals surface area contributed by atoms with E-state index in [9.17, 15) is 9.59 Å². The van der Waals surface area contributed by atoms with Gasteiger partial charge in [0.2, 0.25) is 0 Å². The van der Waals surface area contributed by atoms with Crippen molar-refractivity contribution < 1.29 is 14.3 Å². The van der Waals surface area contributed by atoms with Gasteiger partial charge >= 0.3 is 0 Å². The van der Waals surface area contributed by atoms with Crippen LogP contribution in [0.1, 0.15) is 27.6 Å². The zero-order valence-electron chi connectivity index (χ0n) is 8.53. The van der Waals surface area contributed by atoms with Crippen LogP contribution in [0, 0.1) is 0 Å². The molecule has 15 heavy (non-hydrogen) atoms. The van der Waals surface area contributed by atoms with Crippen LogP contribution in [0.5, 0.6) is 5.75 Å². The van der Waals surface area contributed by atoms with Gasteiger partial charge in [0.1, 0.15) is 12.4 Å². The van der Waals surface area contributed by atoms with E-state index in [1.54, 1.807) is 24.3 Å². The van der Waals surface area contributed by atoms with Crippen LogP contribution < -0.4 is 4.74 Å². The highest BCUT2D eigenvalue weighted by Gasteiger charge is 2.06. The lowest BCUT2D eigenvalue weighted by Crippen LogP contribution is -2.00. The maximum Gasteiger partial charge on any atom is 0.159 e. The van der Waals surface area contributed by atoms with Gasteiger partial charge in [0.25, 0.3) is 0 Å². The van der Waals surface area contributed by atoms with Crippen LogP contribution in [0.15, 0.2) is 30.9 Å². The zero-order chi connectivity index (χ0) is 11.3. The zero-order valence-corrected chi connectivity index (χ0v) is 8.53. The average Bonchev–Trinajstić information content (AvgIpc) is 2.25. The van der Waals surface area contributed by atoms with E-state index in [1.807, 2.05) is 0 Å². The Morgan fingerprint density at radius 3 is 2.80 bits per heavy atom. The molecule has 1 aromatic carbocycles. The number of rotatable bonds is 5. The molecule has 0 N–H and O–H groups in total. The standard InChI is InChI=1S/C12H12O3/c1-3-6-15-12-7-10(9(2)14)4-5-11(12)8-13/h3-5,7-8H,1,6H2,2H3. The molecule has 0 radical (unpaired) electrons. The number of ketones is 1. The first-order chi connectivity index (χ1) is 7.19. The Morgan fingerprint density at radius 2 is 2.27 bits per heavy atom. The van der Waals surface area contributed by atoms with Crippen molar-refractivity contribution in [3.05, 3.63) is 42.0 Å². The molecule has 0 atom stereocenters. The van der Waals surface area contributed by atoms with Gasteiger partial charge in [0.15, 0.2) is 12.1 Å². The minimum Gasteiger partial charge on any atom is -0.489 e. The van der Waals surface area contributed by atoms with E-state index in [2.05, 4.69) is 6.58 Å². The summed E-state index contributed by atoms with van der Waals surface area (Å²) in [5.41, 5.74) is 0.960. The van der Waals surface area contributed by atoms with E-state index in [0.29, 0.717) is 29.8 Å². The third kappa shape index (κ3) is 2.77. The largest absolute Gasteiger partial charge is 0.489 e. The molecule has 0 bridgehead atoms. The van der Waals surface area contributed by atoms with Crippen molar-refractivity contribution in [2.75, 3.05) is 6.61 Å². The third-order valence-corrected chi connectivity index (χ3v) is 1.90. The Labute approximate surface area is 88.4 Å². The average molecular weight is 204 g/mol. The second-order valence-corrected chi connectivity index (χ2v) is 3.03. The normalized spacial score (nSPS) is 9.40. The molecule has 3 heteroatoms. The summed E-state index contributed by atoms with van der Waals surface area (Å²) in [6.07, 6.45) is 2.28. The Balaban J connectivity index is 3.06. The molecule has 0 unspecified atom stereocenters. The van der Waals surface area contributed by atoms with Gasteiger partial charge in [0.05, 0.1) is 5.56 Å². The van der Waals surface area contributed by atoms with Crippen LogP contribution in [-0.2, 0) is 0 Å².